The van der Waals surface area contributed by atoms with E-state index in [2.05, 4.69) is 158 Å². The molecule has 0 N–H and O–H groups in total. The summed E-state index contributed by atoms with van der Waals surface area (Å²) in [4.78, 5) is 0. The van der Waals surface area contributed by atoms with Crippen molar-refractivity contribution in [2.24, 2.45) is 0 Å². The van der Waals surface area contributed by atoms with Gasteiger partial charge in [0.1, 0.15) is 0 Å². The summed E-state index contributed by atoms with van der Waals surface area (Å²) in [6.07, 6.45) is 0. The van der Waals surface area contributed by atoms with E-state index in [1.165, 1.54) is 20.8 Å². The van der Waals surface area contributed by atoms with Gasteiger partial charge in [0, 0.05) is 10.8 Å². The number of hydrogen-bond donors (Lipinski definition) is 0. The normalized spacial score (nSPS) is 14.1. The number of fused-ring (bicyclic) bond motifs is 2. The molecule has 0 bridgehead atoms. The van der Waals surface area contributed by atoms with Crippen LogP contribution in [0.15, 0.2) is 182 Å². The third-order valence-corrected chi connectivity index (χ3v) is 14.5. The van der Waals surface area contributed by atoms with Crippen LogP contribution < -0.4 is 10.4 Å². The molecule has 0 saturated carbocycles. The number of allylic oxidation sites excluding steroid dienone is 2. The predicted molar refractivity (Wildman–Crippen MR) is 203 cm³/mol. The van der Waals surface area contributed by atoms with E-state index in [1.807, 2.05) is 24.3 Å². The zero-order chi connectivity index (χ0) is 32.6. The van der Waals surface area contributed by atoms with Crippen LogP contribution in [0.1, 0.15) is 22.5 Å². The van der Waals surface area contributed by atoms with Crippen molar-refractivity contribution in [3.8, 4) is 0 Å². The van der Waals surface area contributed by atoms with Crippen LogP contribution in [0.5, 0.6) is 0 Å². The van der Waals surface area contributed by atoms with Gasteiger partial charge in [0.25, 0.3) is 0 Å². The quantitative estimate of drug-likeness (QED) is 0.171. The van der Waals surface area contributed by atoms with Gasteiger partial charge in [0.15, 0.2) is 8.07 Å². The minimum atomic E-state index is -3.24. The Bertz CT molecular complexity index is 2350. The van der Waals surface area contributed by atoms with Crippen molar-refractivity contribution in [3.05, 3.63) is 205 Å². The fourth-order valence-electron chi connectivity index (χ4n) is 7.51. The van der Waals surface area contributed by atoms with E-state index in [-0.39, 0.29) is 0 Å². The standard InChI is InChI=1S/C44H30N4Si/c1-5-17-31(18-6-1)41-42(32-19-7-2-8-20-32)44(40-30-34-22-14-16-28-38(34)46-48-40)49(35-23-9-3-10-24-35,36-25-11-4-12-26-36)43(41)39-29-33-21-13-15-27-37(33)45-47-39/h1-30H. The molecule has 230 valence electrons. The Morgan fingerprint density at radius 2 is 0.673 bits per heavy atom. The van der Waals surface area contributed by atoms with Crippen LogP contribution >= 0.6 is 0 Å². The van der Waals surface area contributed by atoms with E-state index in [1.54, 1.807) is 0 Å². The second-order valence-electron chi connectivity index (χ2n) is 12.3. The molecule has 0 fully saturated rings. The maximum Gasteiger partial charge on any atom is 0.186 e. The lowest BCUT2D eigenvalue weighted by Gasteiger charge is -2.34. The van der Waals surface area contributed by atoms with Crippen molar-refractivity contribution in [2.45, 2.75) is 0 Å². The first-order valence-corrected chi connectivity index (χ1v) is 18.5. The minimum absolute atomic E-state index is 0.870. The maximum absolute atomic E-state index is 5.08. The van der Waals surface area contributed by atoms with Crippen molar-refractivity contribution >= 4 is 61.8 Å². The van der Waals surface area contributed by atoms with E-state index in [9.17, 15) is 0 Å². The summed E-state index contributed by atoms with van der Waals surface area (Å²) in [6, 6.07) is 64.4. The van der Waals surface area contributed by atoms with E-state index in [0.717, 1.165) is 55.5 Å². The molecule has 0 saturated heterocycles. The summed E-state index contributed by atoms with van der Waals surface area (Å²) < 4.78 is 0. The van der Waals surface area contributed by atoms with Crippen LogP contribution in [-0.4, -0.2) is 28.5 Å². The van der Waals surface area contributed by atoms with E-state index < -0.39 is 8.07 Å². The lowest BCUT2D eigenvalue weighted by Crippen LogP contribution is -2.60. The highest BCUT2D eigenvalue weighted by molar-refractivity contribution is 7.29. The van der Waals surface area contributed by atoms with Gasteiger partial charge in [0.05, 0.1) is 22.4 Å². The third-order valence-electron chi connectivity index (χ3n) is 9.54. The number of rotatable bonds is 6. The molecule has 3 heterocycles. The summed E-state index contributed by atoms with van der Waals surface area (Å²) in [5.74, 6) is 0. The first-order valence-electron chi connectivity index (χ1n) is 16.5. The Morgan fingerprint density at radius 3 is 1.08 bits per heavy atom. The zero-order valence-electron chi connectivity index (χ0n) is 26.6. The van der Waals surface area contributed by atoms with Crippen LogP contribution in [0.4, 0.5) is 0 Å². The molecule has 0 aliphatic carbocycles. The molecule has 9 rings (SSSR count). The van der Waals surface area contributed by atoms with Gasteiger partial charge in [-0.3, -0.25) is 0 Å². The second-order valence-corrected chi connectivity index (χ2v) is 15.9. The van der Waals surface area contributed by atoms with Gasteiger partial charge in [-0.25, -0.2) is 0 Å². The summed E-state index contributed by atoms with van der Waals surface area (Å²) >= 11 is 0. The van der Waals surface area contributed by atoms with Crippen molar-refractivity contribution in [2.75, 3.05) is 0 Å². The highest BCUT2D eigenvalue weighted by atomic mass is 28.3. The largest absolute Gasteiger partial charge is 0.186 e. The zero-order valence-corrected chi connectivity index (χ0v) is 27.6. The van der Waals surface area contributed by atoms with E-state index >= 15 is 0 Å². The molecule has 5 heteroatoms. The summed E-state index contributed by atoms with van der Waals surface area (Å²) in [7, 11) is -3.24. The maximum atomic E-state index is 5.08. The molecule has 0 radical (unpaired) electrons. The Labute approximate surface area is 285 Å². The molecule has 8 aromatic rings. The van der Waals surface area contributed by atoms with Crippen molar-refractivity contribution in [1.29, 1.82) is 0 Å². The predicted octanol–water partition coefficient (Wildman–Crippen LogP) is 8.45. The van der Waals surface area contributed by atoms with Crippen molar-refractivity contribution < 1.29 is 0 Å². The number of benzene rings is 6. The summed E-state index contributed by atoms with van der Waals surface area (Å²) in [5, 5.41) is 26.8. The molecule has 0 atom stereocenters. The molecule has 49 heavy (non-hydrogen) atoms. The van der Waals surface area contributed by atoms with Crippen molar-refractivity contribution in [3.63, 3.8) is 0 Å². The minimum Gasteiger partial charge on any atom is -0.151 e. The molecular formula is C44H30N4Si. The molecule has 4 nitrogen and oxygen atoms in total. The molecule has 0 spiro atoms. The van der Waals surface area contributed by atoms with Crippen LogP contribution in [0.25, 0.3) is 43.3 Å². The Morgan fingerprint density at radius 1 is 0.327 bits per heavy atom. The van der Waals surface area contributed by atoms with Gasteiger partial charge in [0.2, 0.25) is 0 Å². The van der Waals surface area contributed by atoms with Crippen LogP contribution in [0.3, 0.4) is 0 Å². The van der Waals surface area contributed by atoms with Crippen LogP contribution in [-0.2, 0) is 0 Å². The van der Waals surface area contributed by atoms with Gasteiger partial charge >= 0.3 is 0 Å². The molecular weight excluding hydrogens is 613 g/mol. The average Bonchev–Trinajstić information content (AvgIpc) is 3.52. The van der Waals surface area contributed by atoms with Crippen LogP contribution in [0, 0.1) is 0 Å². The van der Waals surface area contributed by atoms with E-state index in [4.69, 9.17) is 20.4 Å². The fourth-order valence-corrected chi connectivity index (χ4v) is 12.9. The summed E-state index contributed by atoms with van der Waals surface area (Å²) in [6.45, 7) is 0. The lowest BCUT2D eigenvalue weighted by atomic mass is 9.90. The van der Waals surface area contributed by atoms with Gasteiger partial charge < -0.3 is 0 Å². The van der Waals surface area contributed by atoms with Gasteiger partial charge in [-0.15, -0.1) is 10.2 Å². The van der Waals surface area contributed by atoms with E-state index in [0.29, 0.717) is 0 Å². The van der Waals surface area contributed by atoms with Gasteiger partial charge in [-0.05, 0) is 67.3 Å². The average molecular weight is 643 g/mol. The van der Waals surface area contributed by atoms with Gasteiger partial charge in [-0.1, -0.05) is 158 Å². The Hall–Kier alpha value is -6.30. The van der Waals surface area contributed by atoms with Crippen molar-refractivity contribution in [1.82, 2.24) is 20.4 Å². The number of nitrogens with zero attached hydrogens (tertiary/aromatic N) is 4. The Kier molecular flexibility index (Phi) is 7.10. The van der Waals surface area contributed by atoms with Crippen LogP contribution in [0.2, 0.25) is 0 Å². The highest BCUT2D eigenvalue weighted by Gasteiger charge is 2.54. The molecule has 6 aromatic carbocycles. The molecule has 0 unspecified atom stereocenters. The fraction of sp³-hybridized carbons (Fsp3) is 0. The lowest BCUT2D eigenvalue weighted by molar-refractivity contribution is 1.06. The topological polar surface area (TPSA) is 51.6 Å². The summed E-state index contributed by atoms with van der Waals surface area (Å²) in [5.41, 5.74) is 8.03. The molecule has 1 aliphatic rings. The molecule has 0 amide bonds. The monoisotopic (exact) mass is 642 g/mol. The second kappa shape index (κ2) is 12.1. The third kappa shape index (κ3) is 4.74. The SMILES string of the molecule is c1ccc(C2=C(c3cc4ccccc4nn3)[Si](c3ccccc3)(c3ccccc3)C(c3cc4ccccc4nn3)=C2c2ccccc2)cc1. The Balaban J connectivity index is 1.54. The van der Waals surface area contributed by atoms with Gasteiger partial charge in [-0.2, -0.15) is 10.2 Å². The number of hydrogen-bond acceptors (Lipinski definition) is 4. The first-order chi connectivity index (χ1) is 24.3. The number of aromatic nitrogens is 4. The highest BCUT2D eigenvalue weighted by Crippen LogP contribution is 2.55. The molecule has 2 aromatic heterocycles. The smallest absolute Gasteiger partial charge is 0.151 e. The first kappa shape index (κ1) is 28.9. The molecule has 1 aliphatic heterocycles.